The van der Waals surface area contributed by atoms with E-state index in [1.165, 1.54) is 38.1 Å². The first-order valence-corrected chi connectivity index (χ1v) is 18.9. The smallest absolute Gasteiger partial charge is 0.338 e. The Labute approximate surface area is 336 Å². The van der Waals surface area contributed by atoms with Crippen LogP contribution in [0.2, 0.25) is 0 Å². The van der Waals surface area contributed by atoms with E-state index in [2.05, 4.69) is 0 Å². The minimum atomic E-state index is -2.02. The summed E-state index contributed by atoms with van der Waals surface area (Å²) in [5.41, 5.74) is 0.206. The highest BCUT2D eigenvalue weighted by molar-refractivity contribution is 5.90. The average Bonchev–Trinajstić information content (AvgIpc) is 3.24. The molecule has 0 saturated carbocycles. The average molecular weight is 843 g/mol. The molecular weight excluding hydrogens is 792 g/mol. The first kappa shape index (κ1) is 45.2. The number of hydrogen-bond donors (Lipinski definition) is 10. The van der Waals surface area contributed by atoms with Crippen molar-refractivity contribution in [2.24, 2.45) is 0 Å². The molecule has 6 rings (SSSR count). The van der Waals surface area contributed by atoms with E-state index >= 15 is 0 Å². The third-order valence-electron chi connectivity index (χ3n) is 10.6. The van der Waals surface area contributed by atoms with E-state index in [0.717, 1.165) is 0 Å². The van der Waals surface area contributed by atoms with Crippen molar-refractivity contribution in [3.63, 3.8) is 0 Å². The summed E-state index contributed by atoms with van der Waals surface area (Å²) in [4.78, 5) is 26.7. The van der Waals surface area contributed by atoms with Crippen LogP contribution in [0, 0.1) is 0 Å². The summed E-state index contributed by atoms with van der Waals surface area (Å²) in [5.74, 6) is -1.76. The van der Waals surface area contributed by atoms with Crippen molar-refractivity contribution in [1.82, 2.24) is 0 Å². The third kappa shape index (κ3) is 9.77. The molecule has 0 amide bonds. The molecule has 0 spiro atoms. The topological polar surface area (TPSA) is 320 Å². The third-order valence-corrected chi connectivity index (χ3v) is 10.6. The second kappa shape index (κ2) is 19.6. The second-order valence-corrected chi connectivity index (χ2v) is 14.6. The molecule has 0 unspecified atom stereocenters. The molecule has 2 aromatic carbocycles. The first-order chi connectivity index (χ1) is 28.1. The van der Waals surface area contributed by atoms with Gasteiger partial charge in [-0.25, -0.2) is 9.59 Å². The number of rotatable bonds is 12. The fourth-order valence-corrected chi connectivity index (χ4v) is 7.25. The number of ether oxygens (including phenoxy) is 9. The maximum Gasteiger partial charge on any atom is 0.338 e. The number of carbonyl (C=O) groups excluding carboxylic acids is 2. The molecule has 59 heavy (non-hydrogen) atoms. The molecule has 2 aromatic rings. The number of aliphatic hydroxyl groups is 10. The lowest BCUT2D eigenvalue weighted by Gasteiger charge is -2.49. The van der Waals surface area contributed by atoms with Gasteiger partial charge in [0.05, 0.1) is 36.5 Å². The van der Waals surface area contributed by atoms with Crippen LogP contribution in [-0.4, -0.2) is 199 Å². The SMILES string of the molecule is C[C@H]1O[C@H](O[C@H]2[C@H](O)[C@@H](O)[C@@H](O)O[C@@H]2CO)[C@@H](O)[C@@H](O[C@H]2O[C@H](C)[C@@H](OC(=O)c3ccccc3)[C@H](O[C@H]3O[C@H](CO)[C@H](O)[C@H](O)[C@H]3O)[C@@H]2O)[C@@H]1OC(=O)c1ccccc1. The van der Waals surface area contributed by atoms with Gasteiger partial charge < -0.3 is 93.7 Å². The molecule has 0 aliphatic carbocycles. The number of benzene rings is 2. The predicted octanol–water partition coefficient (Wildman–Crippen LogP) is -3.96. The zero-order chi connectivity index (χ0) is 42.7. The predicted molar refractivity (Wildman–Crippen MR) is 190 cm³/mol. The van der Waals surface area contributed by atoms with Gasteiger partial charge in [-0.3, -0.25) is 0 Å². The van der Waals surface area contributed by atoms with Crippen molar-refractivity contribution >= 4 is 11.9 Å². The van der Waals surface area contributed by atoms with Gasteiger partial charge in [-0.1, -0.05) is 36.4 Å². The fourth-order valence-electron chi connectivity index (χ4n) is 7.25. The van der Waals surface area contributed by atoms with E-state index in [1.54, 1.807) is 36.4 Å². The van der Waals surface area contributed by atoms with Crippen LogP contribution in [0.25, 0.3) is 0 Å². The van der Waals surface area contributed by atoms with Crippen molar-refractivity contribution < 1.29 is 103 Å². The van der Waals surface area contributed by atoms with Crippen LogP contribution in [0.1, 0.15) is 34.6 Å². The molecule has 21 nitrogen and oxygen atoms in total. The van der Waals surface area contributed by atoms with Gasteiger partial charge in [-0.05, 0) is 38.1 Å². The highest BCUT2D eigenvalue weighted by Crippen LogP contribution is 2.36. The van der Waals surface area contributed by atoms with Crippen molar-refractivity contribution in [2.75, 3.05) is 13.2 Å². The van der Waals surface area contributed by atoms with E-state index in [1.807, 2.05) is 0 Å². The Morgan fingerprint density at radius 3 is 1.34 bits per heavy atom. The minimum Gasteiger partial charge on any atom is -0.453 e. The summed E-state index contributed by atoms with van der Waals surface area (Å²) >= 11 is 0. The van der Waals surface area contributed by atoms with Crippen molar-refractivity contribution in [1.29, 1.82) is 0 Å². The van der Waals surface area contributed by atoms with Crippen molar-refractivity contribution in [2.45, 2.75) is 137 Å². The van der Waals surface area contributed by atoms with Gasteiger partial charge in [0.2, 0.25) is 0 Å². The molecule has 4 aliphatic heterocycles. The van der Waals surface area contributed by atoms with Crippen molar-refractivity contribution in [3.8, 4) is 0 Å². The summed E-state index contributed by atoms with van der Waals surface area (Å²) in [7, 11) is 0. The van der Waals surface area contributed by atoms with E-state index in [-0.39, 0.29) is 11.1 Å². The lowest BCUT2D eigenvalue weighted by Crippen LogP contribution is -2.67. The zero-order valence-corrected chi connectivity index (χ0v) is 31.7. The van der Waals surface area contributed by atoms with Crippen LogP contribution in [-0.2, 0) is 42.6 Å². The Bertz CT molecular complexity index is 1650. The molecular formula is C38H50O21. The monoisotopic (exact) mass is 842 g/mol. The number of aliphatic hydroxyl groups excluding tert-OH is 10. The Morgan fingerprint density at radius 1 is 0.475 bits per heavy atom. The summed E-state index contributed by atoms with van der Waals surface area (Å²) in [6.07, 6.45) is -34.2. The minimum absolute atomic E-state index is 0.103. The maximum absolute atomic E-state index is 13.4. The largest absolute Gasteiger partial charge is 0.453 e. The molecule has 20 atom stereocenters. The Balaban J connectivity index is 1.31. The van der Waals surface area contributed by atoms with Gasteiger partial charge in [-0.15, -0.1) is 0 Å². The van der Waals surface area contributed by atoms with E-state index in [9.17, 15) is 60.7 Å². The lowest BCUT2D eigenvalue weighted by molar-refractivity contribution is -0.384. The lowest BCUT2D eigenvalue weighted by atomic mass is 9.95. The van der Waals surface area contributed by atoms with Gasteiger partial charge >= 0.3 is 11.9 Å². The normalized spacial score (nSPS) is 42.8. The summed E-state index contributed by atoms with van der Waals surface area (Å²) in [5, 5.41) is 106. The van der Waals surface area contributed by atoms with E-state index in [0.29, 0.717) is 0 Å². The van der Waals surface area contributed by atoms with Crippen LogP contribution >= 0.6 is 0 Å². The summed E-state index contributed by atoms with van der Waals surface area (Å²) < 4.78 is 52.1. The molecule has 0 bridgehead atoms. The number of esters is 2. The first-order valence-electron chi connectivity index (χ1n) is 18.9. The molecule has 4 saturated heterocycles. The molecule has 4 aliphatic rings. The molecule has 4 heterocycles. The van der Waals surface area contributed by atoms with Gasteiger partial charge in [0.25, 0.3) is 0 Å². The van der Waals surface area contributed by atoms with Crippen molar-refractivity contribution in [3.05, 3.63) is 71.8 Å². The highest BCUT2D eigenvalue weighted by atomic mass is 16.8. The number of hydrogen-bond acceptors (Lipinski definition) is 21. The van der Waals surface area contributed by atoms with Crippen LogP contribution in [0.4, 0.5) is 0 Å². The highest BCUT2D eigenvalue weighted by Gasteiger charge is 2.56. The summed E-state index contributed by atoms with van der Waals surface area (Å²) in [6.45, 7) is 1.20. The Morgan fingerprint density at radius 2 is 0.898 bits per heavy atom. The Hall–Kier alpha value is -3.30. The molecule has 10 N–H and O–H groups in total. The van der Waals surface area contributed by atoms with Gasteiger partial charge in [0.15, 0.2) is 37.4 Å². The van der Waals surface area contributed by atoms with E-state index < -0.39 is 148 Å². The van der Waals surface area contributed by atoms with E-state index in [4.69, 9.17) is 42.6 Å². The standard InChI is InChI=1S/C38H50O21/c1-15-29(56-34(49)18-11-7-4-8-12-18)32(26(46)37(51-15)57-30-20(14-40)53-35(50)24(44)23(30)43)59-38-27(47)31(58-36-25(45)22(42)21(41)19(13-39)54-36)28(16(2)52-38)55-33(48)17-9-5-3-6-10-17/h3-12,15-16,19-32,35-47,50H,13-14H2,1-2H3/t15-,16-,19-,20-,21+,22+,23-,24-,25-,26+,27+,28-,29-,30-,31-,32-,35+,36-,37-,38-/m1/s1. The maximum atomic E-state index is 13.4. The van der Waals surface area contributed by atoms with Crippen LogP contribution in [0.5, 0.6) is 0 Å². The molecule has 21 heteroatoms. The molecule has 328 valence electrons. The zero-order valence-electron chi connectivity index (χ0n) is 31.7. The molecule has 0 aromatic heterocycles. The van der Waals surface area contributed by atoms with Crippen LogP contribution < -0.4 is 0 Å². The molecule has 4 fully saturated rings. The molecule has 0 radical (unpaired) electrons. The number of carbonyl (C=O) groups is 2. The summed E-state index contributed by atoms with van der Waals surface area (Å²) in [6, 6.07) is 15.5. The fraction of sp³-hybridized carbons (Fsp3) is 0.632. The van der Waals surface area contributed by atoms with Gasteiger partial charge in [0.1, 0.15) is 73.2 Å². The second-order valence-electron chi connectivity index (χ2n) is 14.6. The van der Waals surface area contributed by atoms with Gasteiger partial charge in [-0.2, -0.15) is 0 Å². The quantitative estimate of drug-likeness (QED) is 0.0912. The van der Waals surface area contributed by atoms with Gasteiger partial charge in [0, 0.05) is 0 Å². The van der Waals surface area contributed by atoms with Crippen LogP contribution in [0.3, 0.4) is 0 Å². The Kier molecular flexibility index (Phi) is 15.0. The van der Waals surface area contributed by atoms with Crippen LogP contribution in [0.15, 0.2) is 60.7 Å².